The van der Waals surface area contributed by atoms with Gasteiger partial charge in [-0.1, -0.05) is 0 Å². The number of piperidine rings is 1. The number of carbonyl (C=O) groups is 1. The van der Waals surface area contributed by atoms with Crippen molar-refractivity contribution in [3.8, 4) is 17.0 Å². The van der Waals surface area contributed by atoms with Crippen LogP contribution in [-0.2, 0) is 16.5 Å². The molecule has 1 amide bonds. The molecule has 0 bridgehead atoms. The molecule has 9 heteroatoms. The van der Waals surface area contributed by atoms with Gasteiger partial charge in [0.05, 0.1) is 22.2 Å². The smallest absolute Gasteiger partial charge is 0.410 e. The van der Waals surface area contributed by atoms with Gasteiger partial charge in [-0.15, -0.1) is 0 Å². The third kappa shape index (κ3) is 5.68. The van der Waals surface area contributed by atoms with Crippen LogP contribution in [-0.4, -0.2) is 62.3 Å². The number of rotatable bonds is 5. The van der Waals surface area contributed by atoms with Crippen molar-refractivity contribution in [2.75, 3.05) is 13.9 Å². The summed E-state index contributed by atoms with van der Waals surface area (Å²) in [6.45, 7) is 10.0. The molecule has 1 aromatic carbocycles. The highest BCUT2D eigenvalue weighted by molar-refractivity contribution is 5.88. The van der Waals surface area contributed by atoms with E-state index in [0.29, 0.717) is 5.75 Å². The molecule has 1 unspecified atom stereocenters. The van der Waals surface area contributed by atoms with E-state index in [1.165, 1.54) is 0 Å². The molecule has 1 aliphatic heterocycles. The third-order valence-electron chi connectivity index (χ3n) is 7.12. The van der Waals surface area contributed by atoms with Gasteiger partial charge in [0.25, 0.3) is 0 Å². The molecule has 9 nitrogen and oxygen atoms in total. The summed E-state index contributed by atoms with van der Waals surface area (Å²) in [6, 6.07) is 12.2. The molecule has 0 N–H and O–H groups in total. The lowest BCUT2D eigenvalue weighted by atomic mass is 9.85. The SMILES string of the molecule is COCOc1cc2nn(C)cc2cc1-c1ccc2nc(C3C[C@@H](C)N(C(=O)OC(C)(C)C)[C@@H](C)C3)ccc2n1. The van der Waals surface area contributed by atoms with E-state index in [-0.39, 0.29) is 30.9 Å². The highest BCUT2D eigenvalue weighted by atomic mass is 16.7. The summed E-state index contributed by atoms with van der Waals surface area (Å²) < 4.78 is 18.5. The normalized spacial score (nSPS) is 20.0. The standard InChI is InChI=1S/C30H37N5O4/c1-18-12-20(13-19(2)35(18)29(36)39-30(3,4)5)23-8-10-26-25(31-23)11-9-24(32-26)22-14-21-16-34(6)33-27(21)15-28(22)38-17-37-7/h8-11,14-16,18-20H,12-13,17H2,1-7H3/t18-,19+,20?. The lowest BCUT2D eigenvalue weighted by Gasteiger charge is -2.42. The van der Waals surface area contributed by atoms with Crippen LogP contribution in [0, 0.1) is 0 Å². The molecule has 0 saturated carbocycles. The molecule has 1 aliphatic rings. The Morgan fingerprint density at radius 2 is 1.69 bits per heavy atom. The van der Waals surface area contributed by atoms with Gasteiger partial charge in [0.2, 0.25) is 0 Å². The number of hydrogen-bond acceptors (Lipinski definition) is 7. The number of aryl methyl sites for hydroxylation is 1. The zero-order chi connectivity index (χ0) is 27.9. The number of fused-ring (bicyclic) bond motifs is 2. The summed E-state index contributed by atoms with van der Waals surface area (Å²) in [5.74, 6) is 0.916. The van der Waals surface area contributed by atoms with E-state index in [1.807, 2.05) is 69.2 Å². The first-order valence-electron chi connectivity index (χ1n) is 13.4. The average molecular weight is 532 g/mol. The fourth-order valence-electron chi connectivity index (χ4n) is 5.52. The van der Waals surface area contributed by atoms with Gasteiger partial charge in [-0.2, -0.15) is 5.10 Å². The Morgan fingerprint density at radius 1 is 1.00 bits per heavy atom. The summed E-state index contributed by atoms with van der Waals surface area (Å²) in [7, 11) is 3.50. The minimum absolute atomic E-state index is 0.0551. The maximum Gasteiger partial charge on any atom is 0.410 e. The summed E-state index contributed by atoms with van der Waals surface area (Å²) in [6.07, 6.45) is 3.39. The van der Waals surface area contributed by atoms with Crippen molar-refractivity contribution in [3.63, 3.8) is 0 Å². The van der Waals surface area contributed by atoms with E-state index in [0.717, 1.165) is 51.7 Å². The largest absolute Gasteiger partial charge is 0.467 e. The monoisotopic (exact) mass is 531 g/mol. The van der Waals surface area contributed by atoms with Gasteiger partial charge in [-0.25, -0.2) is 9.78 Å². The highest BCUT2D eigenvalue weighted by Gasteiger charge is 2.37. The molecular weight excluding hydrogens is 494 g/mol. The second-order valence-electron chi connectivity index (χ2n) is 11.5. The zero-order valence-electron chi connectivity index (χ0n) is 23.8. The summed E-state index contributed by atoms with van der Waals surface area (Å²) in [5.41, 5.74) is 4.68. The van der Waals surface area contributed by atoms with Crippen molar-refractivity contribution in [2.45, 2.75) is 71.1 Å². The lowest BCUT2D eigenvalue weighted by molar-refractivity contribution is -0.00272. The fourth-order valence-corrected chi connectivity index (χ4v) is 5.52. The van der Waals surface area contributed by atoms with Crippen molar-refractivity contribution in [1.29, 1.82) is 0 Å². The topological polar surface area (TPSA) is 91.6 Å². The second kappa shape index (κ2) is 10.4. The number of nitrogens with zero attached hydrogens (tertiary/aromatic N) is 5. The number of carbonyl (C=O) groups excluding carboxylic acids is 1. The van der Waals surface area contributed by atoms with Gasteiger partial charge >= 0.3 is 6.09 Å². The molecule has 4 aromatic rings. The van der Waals surface area contributed by atoms with Gasteiger partial charge in [-0.05, 0) is 77.8 Å². The Labute approximate surface area is 229 Å². The van der Waals surface area contributed by atoms with Crippen LogP contribution in [0.1, 0.15) is 59.1 Å². The van der Waals surface area contributed by atoms with Crippen LogP contribution < -0.4 is 4.74 Å². The molecule has 0 radical (unpaired) electrons. The third-order valence-corrected chi connectivity index (χ3v) is 7.12. The van der Waals surface area contributed by atoms with Crippen LogP contribution >= 0.6 is 0 Å². The number of benzene rings is 1. The Morgan fingerprint density at radius 3 is 2.38 bits per heavy atom. The number of aromatic nitrogens is 4. The average Bonchev–Trinajstić information content (AvgIpc) is 3.23. The van der Waals surface area contributed by atoms with Crippen LogP contribution in [0.15, 0.2) is 42.6 Å². The first-order chi connectivity index (χ1) is 18.5. The van der Waals surface area contributed by atoms with Crippen molar-refractivity contribution in [3.05, 3.63) is 48.3 Å². The maximum atomic E-state index is 12.8. The van der Waals surface area contributed by atoms with Gasteiger partial charge < -0.3 is 19.1 Å². The molecule has 3 aromatic heterocycles. The molecule has 206 valence electrons. The summed E-state index contributed by atoms with van der Waals surface area (Å²) in [4.78, 5) is 24.6. The zero-order valence-corrected chi connectivity index (χ0v) is 23.8. The van der Waals surface area contributed by atoms with Crippen molar-refractivity contribution in [1.82, 2.24) is 24.6 Å². The number of pyridine rings is 2. The number of hydrogen-bond donors (Lipinski definition) is 0. The van der Waals surface area contributed by atoms with Gasteiger partial charge in [0, 0.05) is 61.1 Å². The minimum Gasteiger partial charge on any atom is -0.467 e. The molecule has 0 spiro atoms. The molecular formula is C30H37N5O4. The number of likely N-dealkylation sites (tertiary alicyclic amines) is 1. The second-order valence-corrected chi connectivity index (χ2v) is 11.5. The Bertz CT molecular complexity index is 1500. The molecule has 5 rings (SSSR count). The quantitative estimate of drug-likeness (QED) is 0.289. The molecule has 1 saturated heterocycles. The van der Waals surface area contributed by atoms with E-state index < -0.39 is 5.60 Å². The number of ether oxygens (including phenoxy) is 3. The van der Waals surface area contributed by atoms with Gasteiger partial charge in [-0.3, -0.25) is 9.67 Å². The molecule has 0 aliphatic carbocycles. The van der Waals surface area contributed by atoms with Gasteiger partial charge in [0.1, 0.15) is 11.4 Å². The number of methoxy groups -OCH3 is 1. The first kappa shape index (κ1) is 26.9. The summed E-state index contributed by atoms with van der Waals surface area (Å²) in [5, 5.41) is 5.51. The maximum absolute atomic E-state index is 12.8. The van der Waals surface area contributed by atoms with E-state index in [2.05, 4.69) is 25.0 Å². The predicted octanol–water partition coefficient (Wildman–Crippen LogP) is 6.06. The van der Waals surface area contributed by atoms with Crippen molar-refractivity contribution in [2.24, 2.45) is 7.05 Å². The van der Waals surface area contributed by atoms with E-state index in [1.54, 1.807) is 11.8 Å². The van der Waals surface area contributed by atoms with Gasteiger partial charge in [0.15, 0.2) is 6.79 Å². The van der Waals surface area contributed by atoms with E-state index >= 15 is 0 Å². The molecule has 39 heavy (non-hydrogen) atoms. The predicted molar refractivity (Wildman–Crippen MR) is 151 cm³/mol. The van der Waals surface area contributed by atoms with E-state index in [9.17, 15) is 4.79 Å². The first-order valence-corrected chi connectivity index (χ1v) is 13.4. The molecule has 3 atom stereocenters. The summed E-state index contributed by atoms with van der Waals surface area (Å²) >= 11 is 0. The highest BCUT2D eigenvalue weighted by Crippen LogP contribution is 2.37. The Balaban J connectivity index is 1.41. The van der Waals surface area contributed by atoms with Crippen molar-refractivity contribution >= 4 is 28.0 Å². The Kier molecular flexibility index (Phi) is 7.20. The Hall–Kier alpha value is -3.72. The number of amides is 1. The van der Waals surface area contributed by atoms with Crippen LogP contribution in [0.2, 0.25) is 0 Å². The fraction of sp³-hybridized carbons (Fsp3) is 0.467. The lowest BCUT2D eigenvalue weighted by Crippen LogP contribution is -2.51. The van der Waals surface area contributed by atoms with E-state index in [4.69, 9.17) is 24.2 Å². The van der Waals surface area contributed by atoms with Crippen LogP contribution in [0.4, 0.5) is 4.79 Å². The minimum atomic E-state index is -0.514. The van der Waals surface area contributed by atoms with Crippen LogP contribution in [0.3, 0.4) is 0 Å². The molecule has 1 fully saturated rings. The van der Waals surface area contributed by atoms with Crippen molar-refractivity contribution < 1.29 is 19.0 Å². The molecule has 4 heterocycles. The van der Waals surface area contributed by atoms with Crippen LogP contribution in [0.5, 0.6) is 5.75 Å². The van der Waals surface area contributed by atoms with Crippen LogP contribution in [0.25, 0.3) is 33.2 Å².